The van der Waals surface area contributed by atoms with E-state index in [0.717, 1.165) is 17.0 Å². The molecule has 0 radical (unpaired) electrons. The van der Waals surface area contributed by atoms with Crippen molar-refractivity contribution in [3.63, 3.8) is 0 Å². The van der Waals surface area contributed by atoms with Crippen LogP contribution in [0.25, 0.3) is 11.9 Å². The number of rotatable bonds is 6. The quantitative estimate of drug-likeness (QED) is 0.464. The van der Waals surface area contributed by atoms with Crippen LogP contribution < -0.4 is 10.1 Å². The van der Waals surface area contributed by atoms with E-state index >= 15 is 0 Å². The molecule has 154 valence electrons. The fourth-order valence-electron chi connectivity index (χ4n) is 3.01. The molecule has 0 atom stereocenters. The van der Waals surface area contributed by atoms with E-state index in [1.165, 1.54) is 12.4 Å². The van der Waals surface area contributed by atoms with Crippen LogP contribution >= 0.6 is 0 Å². The number of aryl methyl sites for hydroxylation is 2. The van der Waals surface area contributed by atoms with Crippen LogP contribution in [-0.2, 0) is 4.79 Å². The lowest BCUT2D eigenvalue weighted by Gasteiger charge is -2.08. The number of ether oxygens (including phenoxy) is 1. The van der Waals surface area contributed by atoms with Crippen molar-refractivity contribution in [2.75, 3.05) is 5.32 Å². The van der Waals surface area contributed by atoms with Crippen LogP contribution in [0.15, 0.2) is 79.1 Å². The average molecular weight is 411 g/mol. The molecule has 7 heteroatoms. The van der Waals surface area contributed by atoms with Crippen LogP contribution in [-0.4, -0.2) is 25.7 Å². The molecule has 2 aromatic heterocycles. The van der Waals surface area contributed by atoms with Gasteiger partial charge in [0.05, 0.1) is 5.69 Å². The van der Waals surface area contributed by atoms with Gasteiger partial charge in [-0.3, -0.25) is 4.79 Å². The van der Waals surface area contributed by atoms with Gasteiger partial charge in [-0.15, -0.1) is 0 Å². The van der Waals surface area contributed by atoms with Crippen LogP contribution in [0.3, 0.4) is 0 Å². The van der Waals surface area contributed by atoms with Crippen LogP contribution in [0, 0.1) is 13.8 Å². The normalized spacial score (nSPS) is 10.9. The van der Waals surface area contributed by atoms with Crippen molar-refractivity contribution < 1.29 is 9.53 Å². The Morgan fingerprint density at radius 3 is 2.48 bits per heavy atom. The Hall–Kier alpha value is -4.26. The van der Waals surface area contributed by atoms with Crippen molar-refractivity contribution in [1.82, 2.24) is 19.7 Å². The van der Waals surface area contributed by atoms with Crippen molar-refractivity contribution in [3.05, 3.63) is 96.1 Å². The minimum Gasteiger partial charge on any atom is -0.439 e. The molecule has 0 unspecified atom stereocenters. The molecule has 0 bridgehead atoms. The lowest BCUT2D eigenvalue weighted by molar-refractivity contribution is -0.111. The van der Waals surface area contributed by atoms with Gasteiger partial charge in [0.25, 0.3) is 0 Å². The molecule has 4 aromatic rings. The Labute approximate surface area is 180 Å². The zero-order valence-corrected chi connectivity index (χ0v) is 17.2. The zero-order valence-electron chi connectivity index (χ0n) is 17.2. The largest absolute Gasteiger partial charge is 0.439 e. The lowest BCUT2D eigenvalue weighted by Crippen LogP contribution is -2.07. The van der Waals surface area contributed by atoms with Gasteiger partial charge in [0.1, 0.15) is 12.1 Å². The van der Waals surface area contributed by atoms with Gasteiger partial charge >= 0.3 is 0 Å². The zero-order chi connectivity index (χ0) is 21.6. The first-order valence-corrected chi connectivity index (χ1v) is 9.74. The molecule has 0 saturated carbocycles. The van der Waals surface area contributed by atoms with Gasteiger partial charge in [0.2, 0.25) is 11.8 Å². The minimum atomic E-state index is -0.206. The summed E-state index contributed by atoms with van der Waals surface area (Å²) >= 11 is 0. The van der Waals surface area contributed by atoms with E-state index in [4.69, 9.17) is 4.74 Å². The summed E-state index contributed by atoms with van der Waals surface area (Å²) in [5.74, 6) is 1.42. The first-order valence-electron chi connectivity index (χ1n) is 9.74. The molecule has 0 aliphatic rings. The van der Waals surface area contributed by atoms with Crippen LogP contribution in [0.4, 0.5) is 5.69 Å². The Morgan fingerprint density at radius 1 is 1.00 bits per heavy atom. The number of hydrogen-bond donors (Lipinski definition) is 1. The van der Waals surface area contributed by atoms with E-state index in [-0.39, 0.29) is 5.91 Å². The molecule has 2 aromatic carbocycles. The highest BCUT2D eigenvalue weighted by Crippen LogP contribution is 2.23. The van der Waals surface area contributed by atoms with Gasteiger partial charge in [-0.2, -0.15) is 5.10 Å². The summed E-state index contributed by atoms with van der Waals surface area (Å²) < 4.78 is 7.58. The molecule has 0 fully saturated rings. The van der Waals surface area contributed by atoms with Gasteiger partial charge in [0.15, 0.2) is 5.82 Å². The number of carbonyl (C=O) groups is 1. The first kappa shape index (κ1) is 20.0. The number of aromatic nitrogens is 4. The number of nitrogens with one attached hydrogen (secondary N) is 1. The minimum absolute atomic E-state index is 0.206. The maximum absolute atomic E-state index is 12.1. The number of nitrogens with zero attached hydrogens (tertiary/aromatic N) is 4. The maximum atomic E-state index is 12.1. The Morgan fingerprint density at radius 2 is 1.77 bits per heavy atom. The molecule has 4 rings (SSSR count). The van der Waals surface area contributed by atoms with Gasteiger partial charge in [-0.1, -0.05) is 30.3 Å². The molecule has 7 nitrogen and oxygen atoms in total. The predicted octanol–water partition coefficient (Wildman–Crippen LogP) is 4.72. The Balaban J connectivity index is 1.40. The summed E-state index contributed by atoms with van der Waals surface area (Å²) in [4.78, 5) is 20.5. The smallest absolute Gasteiger partial charge is 0.248 e. The first-order chi connectivity index (χ1) is 15.1. The number of hydrogen-bond acceptors (Lipinski definition) is 5. The molecule has 0 aliphatic heterocycles. The third kappa shape index (κ3) is 5.22. The molecule has 0 saturated heterocycles. The summed E-state index contributed by atoms with van der Waals surface area (Å²) in [5.41, 5.74) is 3.52. The van der Waals surface area contributed by atoms with E-state index in [0.29, 0.717) is 23.1 Å². The number of benzene rings is 2. The summed E-state index contributed by atoms with van der Waals surface area (Å²) in [7, 11) is 0. The summed E-state index contributed by atoms with van der Waals surface area (Å²) in [6, 6.07) is 20.4. The SMILES string of the molecule is Cc1cc(C)n(-c2cc(Oc3ccc(NC(=O)/C=C/c4ccccc4)cc3)ncn2)n1. The third-order valence-electron chi connectivity index (χ3n) is 4.43. The third-order valence-corrected chi connectivity index (χ3v) is 4.43. The van der Waals surface area contributed by atoms with Crippen molar-refractivity contribution in [2.24, 2.45) is 0 Å². The molecule has 2 heterocycles. The van der Waals surface area contributed by atoms with Crippen molar-refractivity contribution in [2.45, 2.75) is 13.8 Å². The second-order valence-corrected chi connectivity index (χ2v) is 6.91. The molecular weight excluding hydrogens is 390 g/mol. The van der Waals surface area contributed by atoms with Crippen molar-refractivity contribution in [1.29, 1.82) is 0 Å². The highest BCUT2D eigenvalue weighted by atomic mass is 16.5. The fourth-order valence-corrected chi connectivity index (χ4v) is 3.01. The predicted molar refractivity (Wildman–Crippen MR) is 119 cm³/mol. The molecule has 1 N–H and O–H groups in total. The average Bonchev–Trinajstić information content (AvgIpc) is 3.12. The molecular formula is C24H21N5O2. The monoisotopic (exact) mass is 411 g/mol. The Bertz CT molecular complexity index is 1210. The van der Waals surface area contributed by atoms with Gasteiger partial charge in [0, 0.05) is 23.5 Å². The fraction of sp³-hybridized carbons (Fsp3) is 0.0833. The summed E-state index contributed by atoms with van der Waals surface area (Å²) in [6.07, 6.45) is 4.71. The molecule has 1 amide bonds. The van der Waals surface area contributed by atoms with E-state index in [2.05, 4.69) is 20.4 Å². The lowest BCUT2D eigenvalue weighted by atomic mass is 10.2. The van der Waals surface area contributed by atoms with Crippen LogP contribution in [0.2, 0.25) is 0 Å². The standard InChI is InChI=1S/C24H21N5O2/c1-17-14-18(2)29(28-17)22-15-24(26-16-25-22)31-21-11-9-20(10-12-21)27-23(30)13-8-19-6-4-3-5-7-19/h3-16H,1-2H3,(H,27,30)/b13-8+. The summed E-state index contributed by atoms with van der Waals surface area (Å²) in [6.45, 7) is 3.89. The van der Waals surface area contributed by atoms with Gasteiger partial charge in [-0.05, 0) is 55.8 Å². The van der Waals surface area contributed by atoms with E-state index in [1.54, 1.807) is 41.1 Å². The topological polar surface area (TPSA) is 81.9 Å². The van der Waals surface area contributed by atoms with Crippen LogP contribution in [0.5, 0.6) is 11.6 Å². The van der Waals surface area contributed by atoms with E-state index in [9.17, 15) is 4.79 Å². The highest BCUT2D eigenvalue weighted by molar-refractivity contribution is 6.01. The number of carbonyl (C=O) groups excluding carboxylic acids is 1. The summed E-state index contributed by atoms with van der Waals surface area (Å²) in [5, 5.41) is 7.25. The highest BCUT2D eigenvalue weighted by Gasteiger charge is 2.08. The molecule has 0 spiro atoms. The van der Waals surface area contributed by atoms with E-state index in [1.807, 2.05) is 50.2 Å². The number of anilines is 1. The second-order valence-electron chi connectivity index (χ2n) is 6.91. The van der Waals surface area contributed by atoms with Gasteiger partial charge in [-0.25, -0.2) is 14.6 Å². The second kappa shape index (κ2) is 9.04. The van der Waals surface area contributed by atoms with Crippen molar-refractivity contribution in [3.8, 4) is 17.4 Å². The van der Waals surface area contributed by atoms with Gasteiger partial charge < -0.3 is 10.1 Å². The maximum Gasteiger partial charge on any atom is 0.248 e. The van der Waals surface area contributed by atoms with E-state index < -0.39 is 0 Å². The molecule has 31 heavy (non-hydrogen) atoms. The van der Waals surface area contributed by atoms with Crippen LogP contribution in [0.1, 0.15) is 17.0 Å². The Kier molecular flexibility index (Phi) is 5.84. The number of amides is 1. The molecule has 0 aliphatic carbocycles. The van der Waals surface area contributed by atoms with Crippen molar-refractivity contribution >= 4 is 17.7 Å².